The van der Waals surface area contributed by atoms with Crippen molar-refractivity contribution >= 4 is 42.3 Å². The standard InChI is InChI=1S/C17H26N6O8S/c18-9(1-2-13(25)26)14(27)21-10(3-8-4-19-7-20-8)15(28)23-12(6-32)16(29)22-11(5-24)17(30)31/h4,7,9-12,24,32H,1-3,5-6,18H2,(H,19,20)(H,21,27)(H,22,29)(H,23,28)(H,25,26)(H,30,31). The lowest BCUT2D eigenvalue weighted by molar-refractivity contribution is -0.143. The summed E-state index contributed by atoms with van der Waals surface area (Å²) < 4.78 is 0. The van der Waals surface area contributed by atoms with Crippen molar-refractivity contribution in [2.75, 3.05) is 12.4 Å². The molecule has 4 unspecified atom stereocenters. The van der Waals surface area contributed by atoms with E-state index in [4.69, 9.17) is 21.1 Å². The molecule has 3 amide bonds. The van der Waals surface area contributed by atoms with Gasteiger partial charge in [-0.15, -0.1) is 0 Å². The molecule has 32 heavy (non-hydrogen) atoms. The zero-order valence-electron chi connectivity index (χ0n) is 16.9. The number of carbonyl (C=O) groups is 5. The third-order valence-corrected chi connectivity index (χ3v) is 4.60. The number of hydrogen-bond donors (Lipinski definition) is 9. The van der Waals surface area contributed by atoms with Crippen molar-refractivity contribution in [1.82, 2.24) is 25.9 Å². The molecule has 1 aromatic rings. The van der Waals surface area contributed by atoms with Crippen LogP contribution in [0.4, 0.5) is 0 Å². The van der Waals surface area contributed by atoms with Crippen LogP contribution in [0.2, 0.25) is 0 Å². The number of amides is 3. The number of imidazole rings is 1. The van der Waals surface area contributed by atoms with E-state index in [1.807, 2.05) is 0 Å². The first-order chi connectivity index (χ1) is 15.1. The van der Waals surface area contributed by atoms with Gasteiger partial charge < -0.3 is 42.0 Å². The average Bonchev–Trinajstić information content (AvgIpc) is 3.25. The fourth-order valence-electron chi connectivity index (χ4n) is 2.44. The zero-order valence-corrected chi connectivity index (χ0v) is 17.7. The summed E-state index contributed by atoms with van der Waals surface area (Å²) in [6, 6.07) is -5.26. The van der Waals surface area contributed by atoms with Gasteiger partial charge in [0.2, 0.25) is 17.7 Å². The van der Waals surface area contributed by atoms with Gasteiger partial charge in [-0.3, -0.25) is 19.2 Å². The maximum Gasteiger partial charge on any atom is 0.328 e. The average molecular weight is 474 g/mol. The van der Waals surface area contributed by atoms with E-state index in [0.717, 1.165) is 0 Å². The molecule has 0 aromatic carbocycles. The molecule has 0 aliphatic rings. The molecule has 0 spiro atoms. The minimum atomic E-state index is -1.57. The van der Waals surface area contributed by atoms with Crippen LogP contribution in [0.5, 0.6) is 0 Å². The highest BCUT2D eigenvalue weighted by molar-refractivity contribution is 7.80. The van der Waals surface area contributed by atoms with Gasteiger partial charge in [0.25, 0.3) is 0 Å². The second kappa shape index (κ2) is 13.3. The fraction of sp³-hybridized carbons (Fsp3) is 0.529. The largest absolute Gasteiger partial charge is 0.481 e. The third-order valence-electron chi connectivity index (χ3n) is 4.23. The first kappa shape index (κ1) is 26.9. The van der Waals surface area contributed by atoms with Gasteiger partial charge in [0.1, 0.15) is 18.1 Å². The van der Waals surface area contributed by atoms with E-state index in [1.165, 1.54) is 12.5 Å². The van der Waals surface area contributed by atoms with Gasteiger partial charge in [0.05, 0.1) is 19.0 Å². The molecule has 0 aliphatic carbocycles. The highest BCUT2D eigenvalue weighted by Crippen LogP contribution is 2.03. The Morgan fingerprint density at radius 1 is 1.03 bits per heavy atom. The van der Waals surface area contributed by atoms with Crippen molar-refractivity contribution in [2.45, 2.75) is 43.4 Å². The summed E-state index contributed by atoms with van der Waals surface area (Å²) in [6.07, 6.45) is 2.22. The highest BCUT2D eigenvalue weighted by atomic mass is 32.1. The molecule has 0 radical (unpaired) electrons. The minimum absolute atomic E-state index is 0.0570. The lowest BCUT2D eigenvalue weighted by Gasteiger charge is -2.24. The van der Waals surface area contributed by atoms with Crippen molar-refractivity contribution in [2.24, 2.45) is 5.73 Å². The number of aromatic amines is 1. The SMILES string of the molecule is NC(CCC(=O)O)C(=O)NC(Cc1cnc[nH]1)C(=O)NC(CS)C(=O)NC(CO)C(=O)O. The number of thiol groups is 1. The number of hydrogen-bond acceptors (Lipinski definition) is 9. The maximum absolute atomic E-state index is 12.8. The fourth-order valence-corrected chi connectivity index (χ4v) is 2.70. The van der Waals surface area contributed by atoms with Gasteiger partial charge in [-0.05, 0) is 6.42 Å². The Labute approximate surface area is 187 Å². The van der Waals surface area contributed by atoms with Gasteiger partial charge in [0.15, 0.2) is 0 Å². The van der Waals surface area contributed by atoms with Gasteiger partial charge in [0, 0.05) is 30.5 Å². The Kier molecular flexibility index (Phi) is 11.2. The number of carboxylic acids is 2. The van der Waals surface area contributed by atoms with Crippen LogP contribution >= 0.6 is 12.6 Å². The normalized spacial score (nSPS) is 14.5. The molecule has 178 valence electrons. The summed E-state index contributed by atoms with van der Waals surface area (Å²) in [6.45, 7) is -0.860. The molecule has 0 saturated heterocycles. The summed E-state index contributed by atoms with van der Waals surface area (Å²) in [5, 5.41) is 33.5. The minimum Gasteiger partial charge on any atom is -0.481 e. The summed E-state index contributed by atoms with van der Waals surface area (Å²) in [5.74, 6) is -5.29. The van der Waals surface area contributed by atoms with Gasteiger partial charge >= 0.3 is 11.9 Å². The Hall–Kier alpha value is -3.17. The number of aliphatic carboxylic acids is 2. The Bertz CT molecular complexity index is 805. The second-order valence-electron chi connectivity index (χ2n) is 6.71. The van der Waals surface area contributed by atoms with Crippen molar-refractivity contribution in [3.63, 3.8) is 0 Å². The molecular weight excluding hydrogens is 448 g/mol. The molecule has 1 aromatic heterocycles. The summed E-state index contributed by atoms with van der Waals surface area (Å²) in [4.78, 5) is 65.6. The number of nitrogens with two attached hydrogens (primary N) is 1. The lowest BCUT2D eigenvalue weighted by atomic mass is 10.1. The van der Waals surface area contributed by atoms with Gasteiger partial charge in [-0.25, -0.2) is 9.78 Å². The molecule has 0 aliphatic heterocycles. The predicted molar refractivity (Wildman–Crippen MR) is 112 cm³/mol. The maximum atomic E-state index is 12.8. The van der Waals surface area contributed by atoms with E-state index in [1.54, 1.807) is 0 Å². The molecule has 0 bridgehead atoms. The number of nitrogens with zero attached hydrogens (tertiary/aromatic N) is 1. The van der Waals surface area contributed by atoms with Crippen LogP contribution in [0.25, 0.3) is 0 Å². The first-order valence-electron chi connectivity index (χ1n) is 9.39. The third kappa shape index (κ3) is 8.91. The Morgan fingerprint density at radius 2 is 1.62 bits per heavy atom. The smallest absolute Gasteiger partial charge is 0.328 e. The first-order valence-corrected chi connectivity index (χ1v) is 10.0. The summed E-state index contributed by atoms with van der Waals surface area (Å²) >= 11 is 3.98. The molecule has 15 heteroatoms. The van der Waals surface area contributed by atoms with E-state index in [9.17, 15) is 24.0 Å². The summed E-state index contributed by atoms with van der Waals surface area (Å²) in [7, 11) is 0. The van der Waals surface area contributed by atoms with E-state index < -0.39 is 60.4 Å². The van der Waals surface area contributed by atoms with Gasteiger partial charge in [-0.2, -0.15) is 12.6 Å². The quantitative estimate of drug-likeness (QED) is 0.121. The second-order valence-corrected chi connectivity index (χ2v) is 7.07. The number of carboxylic acid groups (broad SMARTS) is 2. The number of H-pyrrole nitrogens is 1. The van der Waals surface area contributed by atoms with Crippen LogP contribution in [0, 0.1) is 0 Å². The monoisotopic (exact) mass is 474 g/mol. The number of rotatable bonds is 14. The van der Waals surface area contributed by atoms with Crippen molar-refractivity contribution in [3.05, 3.63) is 18.2 Å². The Morgan fingerprint density at radius 3 is 2.12 bits per heavy atom. The van der Waals surface area contributed by atoms with Crippen LogP contribution in [-0.2, 0) is 30.4 Å². The van der Waals surface area contributed by atoms with Crippen LogP contribution in [0.3, 0.4) is 0 Å². The number of nitrogens with one attached hydrogen (secondary N) is 4. The predicted octanol–water partition coefficient (Wildman–Crippen LogP) is -3.39. The highest BCUT2D eigenvalue weighted by Gasteiger charge is 2.30. The molecule has 1 heterocycles. The van der Waals surface area contributed by atoms with E-state index in [0.29, 0.717) is 5.69 Å². The van der Waals surface area contributed by atoms with Crippen molar-refractivity contribution < 1.29 is 39.3 Å². The van der Waals surface area contributed by atoms with Crippen molar-refractivity contribution in [1.29, 1.82) is 0 Å². The molecule has 1 rings (SSSR count). The van der Waals surface area contributed by atoms with Crippen LogP contribution in [0.1, 0.15) is 18.5 Å². The molecule has 14 nitrogen and oxygen atoms in total. The molecular formula is C17H26N6O8S. The number of aromatic nitrogens is 2. The van der Waals surface area contributed by atoms with E-state index >= 15 is 0 Å². The summed E-state index contributed by atoms with van der Waals surface area (Å²) in [5.41, 5.74) is 6.15. The van der Waals surface area contributed by atoms with E-state index in [-0.39, 0.29) is 25.0 Å². The molecule has 0 fully saturated rings. The molecule has 4 atom stereocenters. The van der Waals surface area contributed by atoms with Crippen LogP contribution < -0.4 is 21.7 Å². The lowest BCUT2D eigenvalue weighted by Crippen LogP contribution is -2.58. The van der Waals surface area contributed by atoms with Crippen LogP contribution in [-0.4, -0.2) is 91.5 Å². The van der Waals surface area contributed by atoms with E-state index in [2.05, 4.69) is 38.5 Å². The molecule has 9 N–H and O–H groups in total. The Balaban J connectivity index is 2.89. The van der Waals surface area contributed by atoms with Crippen molar-refractivity contribution in [3.8, 4) is 0 Å². The number of carbonyl (C=O) groups excluding carboxylic acids is 3. The zero-order chi connectivity index (χ0) is 24.3. The molecule has 0 saturated carbocycles. The van der Waals surface area contributed by atoms with Gasteiger partial charge in [-0.1, -0.05) is 0 Å². The number of aliphatic hydroxyl groups is 1. The topological polar surface area (TPSA) is 237 Å². The number of aliphatic hydroxyl groups excluding tert-OH is 1. The van der Waals surface area contributed by atoms with Crippen LogP contribution in [0.15, 0.2) is 12.5 Å².